The number of aromatic nitrogens is 1. The minimum absolute atomic E-state index is 0.192. The van der Waals surface area contributed by atoms with Crippen LogP contribution in [-0.2, 0) is 11.3 Å². The second-order valence-electron chi connectivity index (χ2n) is 6.54. The first-order valence-electron chi connectivity index (χ1n) is 10.0. The Morgan fingerprint density at radius 2 is 1.81 bits per heavy atom. The number of pyridine rings is 1. The average Bonchev–Trinajstić information content (AvgIpc) is 2.80. The molecule has 0 bridgehead atoms. The predicted octanol–water partition coefficient (Wildman–Crippen LogP) is 4.23. The van der Waals surface area contributed by atoms with Crippen molar-refractivity contribution in [1.82, 2.24) is 10.3 Å². The fourth-order valence-electron chi connectivity index (χ4n) is 2.75. The van der Waals surface area contributed by atoms with E-state index >= 15 is 0 Å². The van der Waals surface area contributed by atoms with Crippen LogP contribution in [0.2, 0.25) is 0 Å². The van der Waals surface area contributed by atoms with Crippen LogP contribution in [0.15, 0.2) is 66.9 Å². The molecule has 0 fully saturated rings. The van der Waals surface area contributed by atoms with E-state index in [1.165, 1.54) is 0 Å². The minimum Gasteiger partial charge on any atom is -0.491 e. The highest BCUT2D eigenvalue weighted by atomic mass is 16.5. The first-order chi connectivity index (χ1) is 15.2. The molecule has 1 amide bonds. The smallest absolute Gasteiger partial charge is 0.251 e. The molecule has 0 aliphatic rings. The summed E-state index contributed by atoms with van der Waals surface area (Å²) in [4.78, 5) is 16.8. The molecule has 0 aliphatic carbocycles. The Balaban J connectivity index is 1.55. The predicted molar refractivity (Wildman–Crippen MR) is 117 cm³/mol. The molecule has 0 atom stereocenters. The van der Waals surface area contributed by atoms with Crippen LogP contribution in [-0.4, -0.2) is 37.8 Å². The van der Waals surface area contributed by atoms with Crippen molar-refractivity contribution in [2.75, 3.05) is 26.9 Å². The zero-order valence-corrected chi connectivity index (χ0v) is 17.7. The highest BCUT2D eigenvalue weighted by Crippen LogP contribution is 2.30. The maximum absolute atomic E-state index is 12.5. The van der Waals surface area contributed by atoms with Crippen LogP contribution in [0, 0.1) is 0 Å². The van der Waals surface area contributed by atoms with E-state index in [9.17, 15) is 4.79 Å². The van der Waals surface area contributed by atoms with Gasteiger partial charge >= 0.3 is 0 Å². The quantitative estimate of drug-likeness (QED) is 0.466. The molecule has 0 saturated carbocycles. The molecule has 0 saturated heterocycles. The van der Waals surface area contributed by atoms with Crippen LogP contribution in [0.25, 0.3) is 0 Å². The Bertz CT molecular complexity index is 976. The first-order valence-corrected chi connectivity index (χ1v) is 10.0. The third kappa shape index (κ3) is 6.72. The molecule has 0 unspecified atom stereocenters. The van der Waals surface area contributed by atoms with Crippen LogP contribution >= 0.6 is 0 Å². The normalized spacial score (nSPS) is 10.4. The maximum Gasteiger partial charge on any atom is 0.251 e. The molecule has 3 rings (SSSR count). The maximum atomic E-state index is 12.5. The number of benzene rings is 2. The van der Waals surface area contributed by atoms with Crippen LogP contribution < -0.4 is 19.5 Å². The first kappa shape index (κ1) is 22.1. The summed E-state index contributed by atoms with van der Waals surface area (Å²) in [7, 11) is 1.61. The molecule has 3 aromatic rings. The van der Waals surface area contributed by atoms with Gasteiger partial charge in [0, 0.05) is 31.5 Å². The van der Waals surface area contributed by atoms with E-state index < -0.39 is 0 Å². The van der Waals surface area contributed by atoms with Gasteiger partial charge in [0.1, 0.15) is 12.4 Å². The fourth-order valence-corrected chi connectivity index (χ4v) is 2.75. The lowest BCUT2D eigenvalue weighted by atomic mass is 10.2. The van der Waals surface area contributed by atoms with E-state index in [4.69, 9.17) is 18.9 Å². The van der Waals surface area contributed by atoms with E-state index in [1.54, 1.807) is 43.6 Å². The summed E-state index contributed by atoms with van der Waals surface area (Å²) in [5.41, 5.74) is 1.38. The number of hydrogen-bond donors (Lipinski definition) is 1. The van der Waals surface area contributed by atoms with E-state index in [0.717, 1.165) is 5.56 Å². The topological polar surface area (TPSA) is 78.9 Å². The van der Waals surface area contributed by atoms with E-state index in [1.807, 2.05) is 37.3 Å². The number of para-hydroxylation sites is 2. The lowest BCUT2D eigenvalue weighted by molar-refractivity contribution is 0.0950. The molecule has 1 aromatic heterocycles. The van der Waals surface area contributed by atoms with Crippen LogP contribution in [0.5, 0.6) is 23.1 Å². The Kier molecular flexibility index (Phi) is 8.25. The number of methoxy groups -OCH3 is 1. The van der Waals surface area contributed by atoms with Gasteiger partial charge in [0.15, 0.2) is 11.5 Å². The van der Waals surface area contributed by atoms with Crippen molar-refractivity contribution in [3.05, 3.63) is 78.0 Å². The molecular formula is C24H26N2O5. The van der Waals surface area contributed by atoms with Gasteiger partial charge in [0.05, 0.1) is 13.2 Å². The number of carbonyl (C=O) groups is 1. The van der Waals surface area contributed by atoms with E-state index in [0.29, 0.717) is 55.1 Å². The average molecular weight is 422 g/mol. The number of ether oxygens (including phenoxy) is 4. The van der Waals surface area contributed by atoms with Gasteiger partial charge in [-0.25, -0.2) is 4.98 Å². The van der Waals surface area contributed by atoms with Crippen molar-refractivity contribution in [2.45, 2.75) is 13.5 Å². The largest absolute Gasteiger partial charge is 0.491 e. The Morgan fingerprint density at radius 1 is 0.968 bits per heavy atom. The lowest BCUT2D eigenvalue weighted by Crippen LogP contribution is -2.22. The molecule has 2 aromatic carbocycles. The van der Waals surface area contributed by atoms with Crippen molar-refractivity contribution in [3.8, 4) is 23.1 Å². The number of hydrogen-bond acceptors (Lipinski definition) is 6. The third-order valence-corrected chi connectivity index (χ3v) is 4.27. The van der Waals surface area contributed by atoms with Gasteiger partial charge in [-0.3, -0.25) is 4.79 Å². The highest BCUT2D eigenvalue weighted by Gasteiger charge is 2.09. The zero-order valence-electron chi connectivity index (χ0n) is 17.7. The molecule has 7 heteroatoms. The standard InChI is InChI=1S/C24H26N2O5/c1-3-29-21-9-4-5-10-22(21)31-23-12-11-18(16-25-23)17-26-24(27)19-7-6-8-20(15-19)30-14-13-28-2/h4-12,15-16H,3,13-14,17H2,1-2H3,(H,26,27). The van der Waals surface area contributed by atoms with Gasteiger partial charge in [0.25, 0.3) is 5.91 Å². The number of amides is 1. The van der Waals surface area contributed by atoms with Crippen LogP contribution in [0.1, 0.15) is 22.8 Å². The van der Waals surface area contributed by atoms with Crippen LogP contribution in [0.4, 0.5) is 0 Å². The van der Waals surface area contributed by atoms with Gasteiger partial charge in [-0.15, -0.1) is 0 Å². The molecule has 0 aliphatic heterocycles. The van der Waals surface area contributed by atoms with Crippen molar-refractivity contribution >= 4 is 5.91 Å². The van der Waals surface area contributed by atoms with E-state index in [2.05, 4.69) is 10.3 Å². The van der Waals surface area contributed by atoms with Gasteiger partial charge in [-0.2, -0.15) is 0 Å². The molecule has 1 N–H and O–H groups in total. The molecule has 162 valence electrons. The second kappa shape index (κ2) is 11.6. The van der Waals surface area contributed by atoms with Crippen molar-refractivity contribution in [1.29, 1.82) is 0 Å². The SMILES string of the molecule is CCOc1ccccc1Oc1ccc(CNC(=O)c2cccc(OCCOC)c2)cn1. The lowest BCUT2D eigenvalue weighted by Gasteiger charge is -2.11. The highest BCUT2D eigenvalue weighted by molar-refractivity contribution is 5.94. The van der Waals surface area contributed by atoms with Crippen molar-refractivity contribution in [3.63, 3.8) is 0 Å². The number of rotatable bonds is 11. The molecule has 31 heavy (non-hydrogen) atoms. The van der Waals surface area contributed by atoms with E-state index in [-0.39, 0.29) is 5.91 Å². The van der Waals surface area contributed by atoms with Crippen LogP contribution in [0.3, 0.4) is 0 Å². The molecule has 0 spiro atoms. The van der Waals surface area contributed by atoms with Gasteiger partial charge in [-0.05, 0) is 42.8 Å². The monoisotopic (exact) mass is 422 g/mol. The molecule has 0 radical (unpaired) electrons. The Labute approximate surface area is 181 Å². The summed E-state index contributed by atoms with van der Waals surface area (Å²) in [5.74, 6) is 2.15. The molecular weight excluding hydrogens is 396 g/mol. The summed E-state index contributed by atoms with van der Waals surface area (Å²) < 4.78 is 21.9. The third-order valence-electron chi connectivity index (χ3n) is 4.27. The zero-order chi connectivity index (χ0) is 21.9. The second-order valence-corrected chi connectivity index (χ2v) is 6.54. The summed E-state index contributed by atoms with van der Waals surface area (Å²) in [6.07, 6.45) is 1.67. The van der Waals surface area contributed by atoms with Crippen molar-refractivity contribution < 1.29 is 23.7 Å². The summed E-state index contributed by atoms with van der Waals surface area (Å²) in [5, 5.41) is 2.88. The fraction of sp³-hybridized carbons (Fsp3) is 0.250. The number of carbonyl (C=O) groups excluding carboxylic acids is 1. The van der Waals surface area contributed by atoms with Gasteiger partial charge < -0.3 is 24.3 Å². The van der Waals surface area contributed by atoms with Gasteiger partial charge in [-0.1, -0.05) is 24.3 Å². The summed E-state index contributed by atoms with van der Waals surface area (Å²) in [6.45, 7) is 3.73. The molecule has 1 heterocycles. The van der Waals surface area contributed by atoms with Gasteiger partial charge in [0.2, 0.25) is 5.88 Å². The summed E-state index contributed by atoms with van der Waals surface area (Å²) in [6, 6.07) is 18.1. The van der Waals surface area contributed by atoms with Crippen molar-refractivity contribution in [2.24, 2.45) is 0 Å². The summed E-state index contributed by atoms with van der Waals surface area (Å²) >= 11 is 0. The number of nitrogens with zero attached hydrogens (tertiary/aromatic N) is 1. The Hall–Kier alpha value is -3.58. The number of nitrogens with one attached hydrogen (secondary N) is 1. The molecule has 7 nitrogen and oxygen atoms in total. The minimum atomic E-state index is -0.192. The Morgan fingerprint density at radius 3 is 2.55 bits per heavy atom.